The molecule has 1 N–H and O–H groups in total. The maximum absolute atomic E-state index is 12.8. The van der Waals surface area contributed by atoms with Gasteiger partial charge in [0.2, 0.25) is 0 Å². The van der Waals surface area contributed by atoms with Gasteiger partial charge in [-0.15, -0.1) is 0 Å². The van der Waals surface area contributed by atoms with Crippen LogP contribution < -0.4 is 10.9 Å². The zero-order chi connectivity index (χ0) is 16.9. The van der Waals surface area contributed by atoms with Crippen molar-refractivity contribution in [2.24, 2.45) is 7.05 Å². The van der Waals surface area contributed by atoms with Crippen molar-refractivity contribution in [1.82, 2.24) is 9.47 Å². The topological polar surface area (TPSA) is 67.5 Å². The molecule has 6 nitrogen and oxygen atoms in total. The maximum Gasteiger partial charge on any atom is 0.322 e. The summed E-state index contributed by atoms with van der Waals surface area (Å²) in [5.74, 6) is 0. The third kappa shape index (κ3) is 3.69. The van der Waals surface area contributed by atoms with Crippen LogP contribution in [0.1, 0.15) is 37.7 Å². The molecule has 0 spiro atoms. The molecule has 0 radical (unpaired) electrons. The first-order valence-electron chi connectivity index (χ1n) is 8.39. The highest BCUT2D eigenvalue weighted by Gasteiger charge is 2.26. The number of aryl methyl sites for hydroxylation is 1. The minimum atomic E-state index is -0.230. The minimum Gasteiger partial charge on any atom is -0.472 e. The van der Waals surface area contributed by atoms with Gasteiger partial charge in [-0.3, -0.25) is 4.79 Å². The molecule has 2 aromatic rings. The first-order chi connectivity index (χ1) is 11.6. The molecule has 0 aromatic carbocycles. The number of furan rings is 1. The van der Waals surface area contributed by atoms with E-state index in [2.05, 4.69) is 5.32 Å². The Balaban J connectivity index is 1.79. The Morgan fingerprint density at radius 1 is 1.33 bits per heavy atom. The predicted molar refractivity (Wildman–Crippen MR) is 91.8 cm³/mol. The van der Waals surface area contributed by atoms with Crippen molar-refractivity contribution < 1.29 is 9.21 Å². The second-order valence-corrected chi connectivity index (χ2v) is 6.32. The van der Waals surface area contributed by atoms with E-state index < -0.39 is 0 Å². The molecule has 2 heterocycles. The molecule has 3 rings (SSSR count). The first-order valence-corrected chi connectivity index (χ1v) is 8.39. The van der Waals surface area contributed by atoms with Crippen LogP contribution in [0.2, 0.25) is 0 Å². The van der Waals surface area contributed by atoms with E-state index in [4.69, 9.17) is 4.42 Å². The summed E-state index contributed by atoms with van der Waals surface area (Å²) in [6, 6.07) is 5.22. The van der Waals surface area contributed by atoms with Crippen molar-refractivity contribution in [2.75, 3.05) is 5.32 Å². The highest BCUT2D eigenvalue weighted by atomic mass is 16.3. The first kappa shape index (κ1) is 16.4. The molecule has 0 aliphatic heterocycles. The number of amides is 2. The van der Waals surface area contributed by atoms with Crippen LogP contribution >= 0.6 is 0 Å². The van der Waals surface area contributed by atoms with E-state index in [1.165, 1.54) is 11.0 Å². The number of urea groups is 1. The van der Waals surface area contributed by atoms with Gasteiger partial charge >= 0.3 is 6.03 Å². The lowest BCUT2D eigenvalue weighted by Crippen LogP contribution is -2.44. The van der Waals surface area contributed by atoms with Crippen molar-refractivity contribution in [3.63, 3.8) is 0 Å². The number of rotatable bonds is 4. The smallest absolute Gasteiger partial charge is 0.322 e. The highest BCUT2D eigenvalue weighted by molar-refractivity contribution is 5.89. The maximum atomic E-state index is 12.8. The van der Waals surface area contributed by atoms with E-state index in [1.54, 1.807) is 37.9 Å². The molecule has 2 aromatic heterocycles. The molecule has 1 aliphatic rings. The number of nitrogens with zero attached hydrogens (tertiary/aromatic N) is 2. The van der Waals surface area contributed by atoms with Crippen LogP contribution in [0.3, 0.4) is 0 Å². The van der Waals surface area contributed by atoms with Gasteiger partial charge in [-0.2, -0.15) is 0 Å². The second kappa shape index (κ2) is 7.38. The van der Waals surface area contributed by atoms with Crippen LogP contribution in [0.25, 0.3) is 0 Å². The summed E-state index contributed by atoms with van der Waals surface area (Å²) < 4.78 is 6.58. The summed E-state index contributed by atoms with van der Waals surface area (Å²) in [7, 11) is 1.67. The van der Waals surface area contributed by atoms with Crippen molar-refractivity contribution in [3.8, 4) is 0 Å². The van der Waals surface area contributed by atoms with E-state index in [9.17, 15) is 9.59 Å². The fourth-order valence-corrected chi connectivity index (χ4v) is 3.22. The number of pyridine rings is 1. The van der Waals surface area contributed by atoms with Crippen LogP contribution in [0.4, 0.5) is 10.5 Å². The van der Waals surface area contributed by atoms with Crippen LogP contribution in [0.15, 0.2) is 46.1 Å². The van der Waals surface area contributed by atoms with Gasteiger partial charge in [0.05, 0.1) is 19.1 Å². The quantitative estimate of drug-likeness (QED) is 0.935. The van der Waals surface area contributed by atoms with Crippen LogP contribution in [0.5, 0.6) is 0 Å². The largest absolute Gasteiger partial charge is 0.472 e. The van der Waals surface area contributed by atoms with Gasteiger partial charge in [0, 0.05) is 24.8 Å². The summed E-state index contributed by atoms with van der Waals surface area (Å²) in [5.41, 5.74) is 1.05. The van der Waals surface area contributed by atoms with Crippen molar-refractivity contribution in [3.05, 3.63) is 52.8 Å². The Kier molecular flexibility index (Phi) is 5.03. The van der Waals surface area contributed by atoms with Crippen molar-refractivity contribution in [1.29, 1.82) is 0 Å². The van der Waals surface area contributed by atoms with E-state index in [0.717, 1.165) is 31.2 Å². The zero-order valence-electron chi connectivity index (χ0n) is 13.9. The molecule has 0 bridgehead atoms. The van der Waals surface area contributed by atoms with Gasteiger partial charge in [-0.25, -0.2) is 4.79 Å². The van der Waals surface area contributed by atoms with Gasteiger partial charge in [0.25, 0.3) is 5.56 Å². The molecule has 24 heavy (non-hydrogen) atoms. The van der Waals surface area contributed by atoms with E-state index in [-0.39, 0.29) is 17.6 Å². The standard InChI is InChI=1S/C18H23N3O3/c1-20-10-5-8-16(17(20)22)19-18(23)21(12-14-9-11-24-13-14)15-6-3-2-4-7-15/h5,8-11,13,15H,2-4,6-7,12H2,1H3,(H,19,23). The Morgan fingerprint density at radius 3 is 2.83 bits per heavy atom. The molecular formula is C18H23N3O3. The molecule has 0 atom stereocenters. The fourth-order valence-electron chi connectivity index (χ4n) is 3.22. The van der Waals surface area contributed by atoms with Crippen LogP contribution in [-0.4, -0.2) is 21.5 Å². The summed E-state index contributed by atoms with van der Waals surface area (Å²) in [5, 5.41) is 2.78. The number of hydrogen-bond donors (Lipinski definition) is 1. The molecule has 0 unspecified atom stereocenters. The monoisotopic (exact) mass is 329 g/mol. The number of aromatic nitrogens is 1. The van der Waals surface area contributed by atoms with Gasteiger partial charge in [0.1, 0.15) is 5.69 Å². The lowest BCUT2D eigenvalue weighted by atomic mass is 9.94. The molecule has 1 fully saturated rings. The average molecular weight is 329 g/mol. The Hall–Kier alpha value is -2.50. The molecular weight excluding hydrogens is 306 g/mol. The van der Waals surface area contributed by atoms with Crippen LogP contribution in [0, 0.1) is 0 Å². The number of anilines is 1. The van der Waals surface area contributed by atoms with Crippen molar-refractivity contribution >= 4 is 11.7 Å². The Bertz CT molecular complexity index is 730. The number of carbonyl (C=O) groups is 1. The third-order valence-electron chi connectivity index (χ3n) is 4.57. The summed E-state index contributed by atoms with van der Waals surface area (Å²) in [6.45, 7) is 0.486. The van der Waals surface area contributed by atoms with E-state index in [1.807, 2.05) is 11.0 Å². The van der Waals surface area contributed by atoms with Gasteiger partial charge in [-0.05, 0) is 31.0 Å². The molecule has 1 aliphatic carbocycles. The third-order valence-corrected chi connectivity index (χ3v) is 4.57. The Labute approximate surface area is 141 Å². The number of nitrogens with one attached hydrogen (secondary N) is 1. The normalized spacial score (nSPS) is 15.2. The number of hydrogen-bond acceptors (Lipinski definition) is 3. The van der Waals surface area contributed by atoms with Crippen LogP contribution in [-0.2, 0) is 13.6 Å². The number of carbonyl (C=O) groups excluding carboxylic acids is 1. The SMILES string of the molecule is Cn1cccc(NC(=O)N(Cc2ccoc2)C2CCCCC2)c1=O. The van der Waals surface area contributed by atoms with E-state index in [0.29, 0.717) is 12.2 Å². The predicted octanol–water partition coefficient (Wildman–Crippen LogP) is 3.35. The minimum absolute atomic E-state index is 0.196. The lowest BCUT2D eigenvalue weighted by Gasteiger charge is -2.34. The van der Waals surface area contributed by atoms with Gasteiger partial charge in [0.15, 0.2) is 0 Å². The summed E-state index contributed by atoms with van der Waals surface area (Å²) in [4.78, 5) is 26.8. The molecule has 1 saturated carbocycles. The lowest BCUT2D eigenvalue weighted by molar-refractivity contribution is 0.162. The Morgan fingerprint density at radius 2 is 2.12 bits per heavy atom. The molecule has 128 valence electrons. The average Bonchev–Trinajstić information content (AvgIpc) is 3.11. The summed E-state index contributed by atoms with van der Waals surface area (Å²) in [6.07, 6.45) is 10.4. The molecule has 2 amide bonds. The molecule has 0 saturated heterocycles. The van der Waals surface area contributed by atoms with E-state index >= 15 is 0 Å². The fraction of sp³-hybridized carbons (Fsp3) is 0.444. The second-order valence-electron chi connectivity index (χ2n) is 6.32. The van der Waals surface area contributed by atoms with Gasteiger partial charge in [-0.1, -0.05) is 19.3 Å². The summed E-state index contributed by atoms with van der Waals surface area (Å²) >= 11 is 0. The zero-order valence-corrected chi connectivity index (χ0v) is 13.9. The highest BCUT2D eigenvalue weighted by Crippen LogP contribution is 2.25. The van der Waals surface area contributed by atoms with Gasteiger partial charge < -0.3 is 19.2 Å². The van der Waals surface area contributed by atoms with Crippen molar-refractivity contribution in [2.45, 2.75) is 44.7 Å². The molecule has 6 heteroatoms.